The van der Waals surface area contributed by atoms with Gasteiger partial charge >= 0.3 is 0 Å². The third-order valence-corrected chi connectivity index (χ3v) is 7.43. The predicted octanol–water partition coefficient (Wildman–Crippen LogP) is 3.67. The van der Waals surface area contributed by atoms with Crippen LogP contribution in [0, 0.1) is 0 Å². The van der Waals surface area contributed by atoms with Crippen LogP contribution in [0.25, 0.3) is 0 Å². The molecule has 1 aliphatic heterocycles. The minimum atomic E-state index is -3.69. The molecule has 2 aromatic rings. The summed E-state index contributed by atoms with van der Waals surface area (Å²) >= 11 is 6.27. The van der Waals surface area contributed by atoms with Crippen LogP contribution >= 0.6 is 11.6 Å². The van der Waals surface area contributed by atoms with Crippen LogP contribution in [-0.4, -0.2) is 48.1 Å². The highest BCUT2D eigenvalue weighted by Gasteiger charge is 2.33. The minimum absolute atomic E-state index is 0.0535. The normalized spacial score (nSPS) is 17.9. The van der Waals surface area contributed by atoms with Crippen molar-refractivity contribution in [3.63, 3.8) is 0 Å². The van der Waals surface area contributed by atoms with Gasteiger partial charge in [-0.3, -0.25) is 4.79 Å². The maximum absolute atomic E-state index is 13.2. The van der Waals surface area contributed by atoms with Crippen molar-refractivity contribution in [2.45, 2.75) is 43.7 Å². The van der Waals surface area contributed by atoms with Crippen LogP contribution < -0.4 is 0 Å². The lowest BCUT2D eigenvalue weighted by atomic mass is 10.1. The van der Waals surface area contributed by atoms with E-state index in [0.29, 0.717) is 6.54 Å². The number of H-pyrrole nitrogens is 1. The molecule has 1 saturated heterocycles. The second-order valence-electron chi connectivity index (χ2n) is 7.04. The summed E-state index contributed by atoms with van der Waals surface area (Å²) in [7, 11) is -2.17. The zero-order valence-electron chi connectivity index (χ0n) is 15.6. The SMILES string of the molecule is CC(C)N(C)S(=O)(=O)c1ccc(Cl)c(C(=O)N2CCCC2c2ccc[nH]2)c1. The van der Waals surface area contributed by atoms with E-state index in [1.54, 1.807) is 18.7 Å². The first kappa shape index (κ1) is 19.9. The number of likely N-dealkylation sites (tertiary alicyclic amines) is 1. The topological polar surface area (TPSA) is 73.5 Å². The summed E-state index contributed by atoms with van der Waals surface area (Å²) in [4.78, 5) is 18.2. The van der Waals surface area contributed by atoms with Crippen molar-refractivity contribution in [2.24, 2.45) is 0 Å². The summed E-state index contributed by atoms with van der Waals surface area (Å²) in [5.74, 6) is -0.249. The molecule has 1 amide bonds. The summed E-state index contributed by atoms with van der Waals surface area (Å²) in [6.07, 6.45) is 3.58. The molecule has 2 heterocycles. The predicted molar refractivity (Wildman–Crippen MR) is 105 cm³/mol. The largest absolute Gasteiger partial charge is 0.363 e. The van der Waals surface area contributed by atoms with Gasteiger partial charge in [0.1, 0.15) is 0 Å². The molecule has 8 heteroatoms. The Hall–Kier alpha value is -1.83. The molecule has 0 aliphatic carbocycles. The third kappa shape index (κ3) is 3.77. The van der Waals surface area contributed by atoms with E-state index in [0.717, 1.165) is 18.5 Å². The van der Waals surface area contributed by atoms with Crippen LogP contribution in [0.15, 0.2) is 41.4 Å². The fraction of sp³-hybridized carbons (Fsp3) is 0.421. The second kappa shape index (κ2) is 7.66. The van der Waals surface area contributed by atoms with Gasteiger partial charge in [-0.2, -0.15) is 4.31 Å². The van der Waals surface area contributed by atoms with Gasteiger partial charge in [-0.05, 0) is 57.0 Å². The summed E-state index contributed by atoms with van der Waals surface area (Å²) in [6, 6.07) is 7.93. The molecule has 0 radical (unpaired) electrons. The Morgan fingerprint density at radius 3 is 2.70 bits per heavy atom. The average molecular weight is 410 g/mol. The van der Waals surface area contributed by atoms with Crippen molar-refractivity contribution in [3.8, 4) is 0 Å². The van der Waals surface area contributed by atoms with Gasteiger partial charge in [-0.1, -0.05) is 11.6 Å². The zero-order chi connectivity index (χ0) is 19.8. The van der Waals surface area contributed by atoms with Crippen LogP contribution in [-0.2, 0) is 10.0 Å². The number of aromatic nitrogens is 1. The quantitative estimate of drug-likeness (QED) is 0.818. The van der Waals surface area contributed by atoms with E-state index in [9.17, 15) is 13.2 Å². The molecule has 3 rings (SSSR count). The van der Waals surface area contributed by atoms with Crippen molar-refractivity contribution in [1.29, 1.82) is 0 Å². The number of carbonyl (C=O) groups is 1. The second-order valence-corrected chi connectivity index (χ2v) is 9.44. The number of halogens is 1. The molecule has 1 atom stereocenters. The van der Waals surface area contributed by atoms with Gasteiger partial charge in [0.05, 0.1) is 21.5 Å². The van der Waals surface area contributed by atoms with Gasteiger partial charge in [0.2, 0.25) is 10.0 Å². The van der Waals surface area contributed by atoms with E-state index in [2.05, 4.69) is 4.98 Å². The van der Waals surface area contributed by atoms with Crippen LogP contribution in [0.4, 0.5) is 0 Å². The first-order valence-electron chi connectivity index (χ1n) is 8.95. The van der Waals surface area contributed by atoms with Crippen LogP contribution in [0.3, 0.4) is 0 Å². The van der Waals surface area contributed by atoms with Crippen molar-refractivity contribution < 1.29 is 13.2 Å². The first-order valence-corrected chi connectivity index (χ1v) is 10.8. The maximum atomic E-state index is 13.2. The van der Waals surface area contributed by atoms with Gasteiger partial charge in [0.15, 0.2) is 0 Å². The molecule has 1 unspecified atom stereocenters. The molecule has 1 N–H and O–H groups in total. The number of hydrogen-bond donors (Lipinski definition) is 1. The molecule has 1 aliphatic rings. The van der Waals surface area contributed by atoms with Crippen molar-refractivity contribution in [3.05, 3.63) is 52.8 Å². The molecule has 0 bridgehead atoms. The summed E-state index contributed by atoms with van der Waals surface area (Å²) in [5, 5.41) is 0.253. The number of rotatable bonds is 5. The summed E-state index contributed by atoms with van der Waals surface area (Å²) < 4.78 is 26.8. The van der Waals surface area contributed by atoms with E-state index in [1.807, 2.05) is 18.3 Å². The molecule has 1 fully saturated rings. The minimum Gasteiger partial charge on any atom is -0.363 e. The van der Waals surface area contributed by atoms with Gasteiger partial charge in [0.25, 0.3) is 5.91 Å². The lowest BCUT2D eigenvalue weighted by Gasteiger charge is -2.25. The van der Waals surface area contributed by atoms with E-state index in [-0.39, 0.29) is 33.5 Å². The smallest absolute Gasteiger partial charge is 0.255 e. The van der Waals surface area contributed by atoms with Crippen molar-refractivity contribution in [1.82, 2.24) is 14.2 Å². The van der Waals surface area contributed by atoms with E-state index < -0.39 is 10.0 Å². The van der Waals surface area contributed by atoms with Crippen LogP contribution in [0.2, 0.25) is 5.02 Å². The van der Waals surface area contributed by atoms with Crippen LogP contribution in [0.1, 0.15) is 48.8 Å². The Kier molecular flexibility index (Phi) is 5.65. The number of nitrogens with one attached hydrogen (secondary N) is 1. The van der Waals surface area contributed by atoms with Gasteiger partial charge in [0, 0.05) is 31.5 Å². The number of nitrogens with zero attached hydrogens (tertiary/aromatic N) is 2. The third-order valence-electron chi connectivity index (χ3n) is 5.07. The van der Waals surface area contributed by atoms with Crippen molar-refractivity contribution >= 4 is 27.5 Å². The molecular weight excluding hydrogens is 386 g/mol. The Bertz CT molecular complexity index is 926. The highest BCUT2D eigenvalue weighted by molar-refractivity contribution is 7.89. The monoisotopic (exact) mass is 409 g/mol. The fourth-order valence-corrected chi connectivity index (χ4v) is 4.90. The van der Waals surface area contributed by atoms with Gasteiger partial charge < -0.3 is 9.88 Å². The number of sulfonamides is 1. The number of carbonyl (C=O) groups excluding carboxylic acids is 1. The fourth-order valence-electron chi connectivity index (χ4n) is 3.31. The molecule has 27 heavy (non-hydrogen) atoms. The van der Waals surface area contributed by atoms with E-state index in [1.165, 1.54) is 29.6 Å². The van der Waals surface area contributed by atoms with Gasteiger partial charge in [-0.25, -0.2) is 8.42 Å². The highest BCUT2D eigenvalue weighted by Crippen LogP contribution is 2.34. The molecular formula is C19H24ClN3O3S. The average Bonchev–Trinajstić information content (AvgIpc) is 3.31. The van der Waals surface area contributed by atoms with Crippen LogP contribution in [0.5, 0.6) is 0 Å². The van der Waals surface area contributed by atoms with E-state index >= 15 is 0 Å². The number of benzene rings is 1. The Balaban J connectivity index is 1.96. The van der Waals surface area contributed by atoms with E-state index in [4.69, 9.17) is 11.6 Å². The van der Waals surface area contributed by atoms with Crippen molar-refractivity contribution in [2.75, 3.05) is 13.6 Å². The molecule has 146 valence electrons. The highest BCUT2D eigenvalue weighted by atomic mass is 35.5. The molecule has 1 aromatic heterocycles. The Morgan fingerprint density at radius 2 is 2.07 bits per heavy atom. The first-order chi connectivity index (χ1) is 12.7. The molecule has 1 aromatic carbocycles. The summed E-state index contributed by atoms with van der Waals surface area (Å²) in [5.41, 5.74) is 1.19. The number of amides is 1. The number of hydrogen-bond acceptors (Lipinski definition) is 3. The molecule has 0 spiro atoms. The Morgan fingerprint density at radius 1 is 1.33 bits per heavy atom. The molecule has 6 nitrogen and oxygen atoms in total. The molecule has 0 saturated carbocycles. The standard InChI is InChI=1S/C19H24ClN3O3S/c1-13(2)22(3)27(25,26)14-8-9-16(20)15(12-14)19(24)23-11-5-7-18(23)17-6-4-10-21-17/h4,6,8-10,12-13,18,21H,5,7,11H2,1-3H3. The Labute approximate surface area is 165 Å². The number of aromatic amines is 1. The zero-order valence-corrected chi connectivity index (χ0v) is 17.2. The lowest BCUT2D eigenvalue weighted by Crippen LogP contribution is -2.34. The maximum Gasteiger partial charge on any atom is 0.255 e. The lowest BCUT2D eigenvalue weighted by molar-refractivity contribution is 0.0733. The summed E-state index contributed by atoms with van der Waals surface area (Å²) in [6.45, 7) is 4.21. The van der Waals surface area contributed by atoms with Gasteiger partial charge in [-0.15, -0.1) is 0 Å².